The fourth-order valence-electron chi connectivity index (χ4n) is 3.31. The van der Waals surface area contributed by atoms with Gasteiger partial charge in [0.05, 0.1) is 0 Å². The van der Waals surface area contributed by atoms with E-state index in [1.165, 1.54) is 11.0 Å². The molecule has 0 spiro atoms. The van der Waals surface area contributed by atoms with Crippen LogP contribution in [0.5, 0.6) is 0 Å². The molecule has 1 heterocycles. The van der Waals surface area contributed by atoms with Crippen molar-refractivity contribution < 1.29 is 13.2 Å². The highest BCUT2D eigenvalue weighted by Gasteiger charge is 2.33. The van der Waals surface area contributed by atoms with E-state index < -0.39 is 21.5 Å². The summed E-state index contributed by atoms with van der Waals surface area (Å²) in [6, 6.07) is 0.0768. The molecule has 1 N–H and O–H groups in total. The maximum absolute atomic E-state index is 12.5. The van der Waals surface area contributed by atoms with Crippen molar-refractivity contribution in [3.63, 3.8) is 0 Å². The number of sulfone groups is 1. The van der Waals surface area contributed by atoms with E-state index in [4.69, 9.17) is 0 Å². The smallest absolute Gasteiger partial charge is 0.250 e. The summed E-state index contributed by atoms with van der Waals surface area (Å²) in [5.41, 5.74) is 0. The Hall–Kier alpha value is -1.44. The summed E-state index contributed by atoms with van der Waals surface area (Å²) in [5.74, 6) is 0.400. The summed E-state index contributed by atoms with van der Waals surface area (Å²) in [4.78, 5) is 12.2. The van der Waals surface area contributed by atoms with Gasteiger partial charge in [-0.15, -0.1) is 10.2 Å². The largest absolute Gasteiger partial charge is 0.352 e. The molecule has 3 rings (SSSR count). The molecule has 2 aliphatic carbocycles. The molecule has 1 aromatic heterocycles. The van der Waals surface area contributed by atoms with Gasteiger partial charge in [-0.1, -0.05) is 19.8 Å². The van der Waals surface area contributed by atoms with E-state index >= 15 is 0 Å². The fourth-order valence-corrected chi connectivity index (χ4v) is 4.54. The topological polar surface area (TPSA) is 93.9 Å². The van der Waals surface area contributed by atoms with Gasteiger partial charge in [0.25, 0.3) is 0 Å². The second-order valence-corrected chi connectivity index (χ2v) is 8.75. The van der Waals surface area contributed by atoms with Crippen LogP contribution in [0.4, 0.5) is 0 Å². The zero-order valence-electron chi connectivity index (χ0n) is 13.7. The maximum Gasteiger partial charge on any atom is 0.250 e. The minimum Gasteiger partial charge on any atom is -0.352 e. The molecule has 2 aliphatic rings. The van der Waals surface area contributed by atoms with E-state index in [1.54, 1.807) is 7.05 Å². The van der Waals surface area contributed by atoms with Crippen LogP contribution in [-0.2, 0) is 21.7 Å². The normalized spacial score (nSPS) is 25.3. The third-order valence-corrected chi connectivity index (χ3v) is 6.42. The Kier molecular flexibility index (Phi) is 4.44. The van der Waals surface area contributed by atoms with Gasteiger partial charge < -0.3 is 9.88 Å². The van der Waals surface area contributed by atoms with Gasteiger partial charge in [0.15, 0.2) is 0 Å². The highest BCUT2D eigenvalue weighted by molar-refractivity contribution is 7.91. The molecule has 0 aliphatic heterocycles. The molecule has 128 valence electrons. The van der Waals surface area contributed by atoms with Crippen LogP contribution in [0, 0.1) is 5.92 Å². The lowest BCUT2D eigenvalue weighted by atomic mass is 9.86. The predicted molar refractivity (Wildman–Crippen MR) is 84.6 cm³/mol. The Labute approximate surface area is 136 Å². The molecule has 0 saturated heterocycles. The summed E-state index contributed by atoms with van der Waals surface area (Å²) in [6.45, 7) is 2.10. The van der Waals surface area contributed by atoms with Crippen LogP contribution in [0.1, 0.15) is 57.2 Å². The van der Waals surface area contributed by atoms with Gasteiger partial charge in [0.1, 0.15) is 11.6 Å². The van der Waals surface area contributed by atoms with Crippen molar-refractivity contribution in [3.8, 4) is 0 Å². The first-order chi connectivity index (χ1) is 10.9. The van der Waals surface area contributed by atoms with E-state index in [9.17, 15) is 13.2 Å². The summed E-state index contributed by atoms with van der Waals surface area (Å²) >= 11 is 0. The molecule has 1 amide bonds. The van der Waals surface area contributed by atoms with Crippen LogP contribution in [0.2, 0.25) is 0 Å². The third kappa shape index (κ3) is 3.57. The summed E-state index contributed by atoms with van der Waals surface area (Å²) in [5, 5.41) is 10.6. The van der Waals surface area contributed by atoms with E-state index in [2.05, 4.69) is 22.4 Å². The van der Waals surface area contributed by atoms with Crippen molar-refractivity contribution in [2.24, 2.45) is 13.0 Å². The molecular weight excluding hydrogens is 316 g/mol. The Balaban J connectivity index is 1.67. The van der Waals surface area contributed by atoms with Crippen LogP contribution in [0.25, 0.3) is 0 Å². The predicted octanol–water partition coefficient (Wildman–Crippen LogP) is 1.16. The number of rotatable bonds is 5. The number of nitrogens with one attached hydrogen (secondary N) is 1. The molecule has 23 heavy (non-hydrogen) atoms. The van der Waals surface area contributed by atoms with E-state index in [0.29, 0.717) is 17.7 Å². The summed E-state index contributed by atoms with van der Waals surface area (Å²) in [7, 11) is -2.11. The molecule has 8 heteroatoms. The minimum atomic E-state index is -3.77. The van der Waals surface area contributed by atoms with Gasteiger partial charge in [-0.2, -0.15) is 0 Å². The first kappa shape index (κ1) is 16.4. The first-order valence-corrected chi connectivity index (χ1v) is 9.95. The van der Waals surface area contributed by atoms with Crippen LogP contribution in [-0.4, -0.2) is 40.9 Å². The summed E-state index contributed by atoms with van der Waals surface area (Å²) < 4.78 is 26.4. The van der Waals surface area contributed by atoms with Gasteiger partial charge in [0, 0.05) is 19.0 Å². The molecule has 1 aromatic rings. The Morgan fingerprint density at radius 1 is 1.22 bits per heavy atom. The molecule has 2 saturated carbocycles. The molecule has 0 radical (unpaired) electrons. The van der Waals surface area contributed by atoms with E-state index in [0.717, 1.165) is 32.1 Å². The van der Waals surface area contributed by atoms with Gasteiger partial charge in [-0.05, 0) is 31.6 Å². The Morgan fingerprint density at radius 2 is 1.91 bits per heavy atom. The molecule has 2 fully saturated rings. The van der Waals surface area contributed by atoms with Gasteiger partial charge >= 0.3 is 0 Å². The third-order valence-electron chi connectivity index (χ3n) is 4.87. The van der Waals surface area contributed by atoms with Gasteiger partial charge in [-0.3, -0.25) is 4.79 Å². The van der Waals surface area contributed by atoms with E-state index in [1.807, 2.05) is 0 Å². The van der Waals surface area contributed by atoms with Crippen molar-refractivity contribution in [2.75, 3.05) is 5.75 Å². The Bertz CT molecular complexity index is 694. The monoisotopic (exact) mass is 340 g/mol. The van der Waals surface area contributed by atoms with Crippen molar-refractivity contribution in [3.05, 3.63) is 5.82 Å². The number of nitrogens with zero attached hydrogens (tertiary/aromatic N) is 3. The molecule has 7 nitrogen and oxygen atoms in total. The van der Waals surface area contributed by atoms with Crippen molar-refractivity contribution in [1.29, 1.82) is 0 Å². The zero-order valence-corrected chi connectivity index (χ0v) is 14.5. The van der Waals surface area contributed by atoms with E-state index in [-0.39, 0.29) is 11.2 Å². The lowest BCUT2D eigenvalue weighted by Crippen LogP contribution is -2.43. The number of hydrogen-bond acceptors (Lipinski definition) is 5. The fraction of sp³-hybridized carbons (Fsp3) is 0.800. The molecule has 2 atom stereocenters. The van der Waals surface area contributed by atoms with Crippen molar-refractivity contribution >= 4 is 15.7 Å². The van der Waals surface area contributed by atoms with Gasteiger partial charge in [-0.25, -0.2) is 8.42 Å². The number of carbonyl (C=O) groups excluding carboxylic acids is 1. The second kappa shape index (κ2) is 6.22. The average molecular weight is 340 g/mol. The number of amides is 1. The molecular formula is C15H24N4O3S. The maximum atomic E-state index is 12.5. The Morgan fingerprint density at radius 3 is 2.57 bits per heavy atom. The number of aromatic nitrogens is 3. The average Bonchev–Trinajstić information content (AvgIpc) is 3.23. The highest BCUT2D eigenvalue weighted by Crippen LogP contribution is 2.39. The van der Waals surface area contributed by atoms with Gasteiger partial charge in [0.2, 0.25) is 20.9 Å². The lowest BCUT2D eigenvalue weighted by molar-refractivity contribution is -0.119. The molecule has 0 bridgehead atoms. The van der Waals surface area contributed by atoms with Crippen LogP contribution in [0.3, 0.4) is 0 Å². The number of hydrogen-bond donors (Lipinski definition) is 1. The van der Waals surface area contributed by atoms with Crippen molar-refractivity contribution in [1.82, 2.24) is 20.1 Å². The minimum absolute atomic E-state index is 0.0768. The zero-order chi connectivity index (χ0) is 16.6. The lowest BCUT2D eigenvalue weighted by Gasteiger charge is -2.29. The summed E-state index contributed by atoms with van der Waals surface area (Å²) in [6.07, 6.45) is 6.29. The number of carbonyl (C=O) groups is 1. The quantitative estimate of drug-likeness (QED) is 0.868. The second-order valence-electron chi connectivity index (χ2n) is 6.87. The van der Waals surface area contributed by atoms with Crippen LogP contribution >= 0.6 is 0 Å². The first-order valence-electron chi connectivity index (χ1n) is 8.30. The van der Waals surface area contributed by atoms with Crippen LogP contribution < -0.4 is 5.32 Å². The molecule has 0 unspecified atom stereocenters. The SMILES string of the molecule is C[C@@H]1CCCC[C@H]1NC(=O)CS(=O)(=O)c1nnc(C2CC2)n1C. The highest BCUT2D eigenvalue weighted by atomic mass is 32.2. The standard InChI is InChI=1S/C15H24N4O3S/c1-10-5-3-4-6-12(10)16-13(20)9-23(21,22)15-18-17-14(19(15)2)11-7-8-11/h10-12H,3-9H2,1-2H3,(H,16,20)/t10-,12-/m1/s1. The van der Waals surface area contributed by atoms with Crippen LogP contribution in [0.15, 0.2) is 5.16 Å². The molecule has 0 aromatic carbocycles. The van der Waals surface area contributed by atoms with Crippen molar-refractivity contribution in [2.45, 2.75) is 62.6 Å².